The second kappa shape index (κ2) is 12.8. The predicted octanol–water partition coefficient (Wildman–Crippen LogP) is 5.11. The van der Waals surface area contributed by atoms with Crippen LogP contribution in [0, 0.1) is 0 Å². The lowest BCUT2D eigenvalue weighted by molar-refractivity contribution is -0.140. The molecule has 1 atom stereocenters. The first-order valence-electron chi connectivity index (χ1n) is 11.3. The van der Waals surface area contributed by atoms with Gasteiger partial charge < -0.3 is 10.2 Å². The number of carbonyl (C=O) groups excluding carboxylic acids is 2. The normalized spacial score (nSPS) is 12.6. The third-order valence-electron chi connectivity index (χ3n) is 5.42. The summed E-state index contributed by atoms with van der Waals surface area (Å²) >= 11 is 11.6. The first-order chi connectivity index (χ1) is 17.2. The van der Waals surface area contributed by atoms with E-state index >= 15 is 0 Å². The maximum absolute atomic E-state index is 13.5. The fourth-order valence-electron chi connectivity index (χ4n) is 3.57. The van der Waals surface area contributed by atoms with Crippen molar-refractivity contribution in [3.8, 4) is 0 Å². The van der Waals surface area contributed by atoms with Crippen LogP contribution in [0.1, 0.15) is 37.8 Å². The average molecular weight is 582 g/mol. The van der Waals surface area contributed by atoms with E-state index in [1.54, 1.807) is 31.2 Å². The number of halogens is 5. The molecule has 13 heteroatoms. The second-order valence-corrected chi connectivity index (χ2v) is 11.0. The number of benzene rings is 2. The van der Waals surface area contributed by atoms with Crippen LogP contribution in [0.4, 0.5) is 18.9 Å². The Labute approximate surface area is 224 Å². The van der Waals surface area contributed by atoms with Crippen molar-refractivity contribution in [3.05, 3.63) is 63.6 Å². The van der Waals surface area contributed by atoms with E-state index in [2.05, 4.69) is 5.32 Å². The van der Waals surface area contributed by atoms with Crippen LogP contribution in [0.25, 0.3) is 0 Å². The van der Waals surface area contributed by atoms with E-state index in [4.69, 9.17) is 23.2 Å². The van der Waals surface area contributed by atoms with Gasteiger partial charge in [0.05, 0.1) is 22.5 Å². The Morgan fingerprint density at radius 2 is 1.68 bits per heavy atom. The van der Waals surface area contributed by atoms with Crippen molar-refractivity contribution in [2.24, 2.45) is 0 Å². The molecule has 204 valence electrons. The monoisotopic (exact) mass is 581 g/mol. The van der Waals surface area contributed by atoms with Gasteiger partial charge in [0.2, 0.25) is 21.8 Å². The van der Waals surface area contributed by atoms with Crippen molar-refractivity contribution in [2.75, 3.05) is 23.7 Å². The molecule has 0 fully saturated rings. The second-order valence-electron chi connectivity index (χ2n) is 8.29. The number of hydrogen-bond donors (Lipinski definition) is 1. The third-order valence-corrected chi connectivity index (χ3v) is 7.15. The Bertz CT molecular complexity index is 1210. The van der Waals surface area contributed by atoms with Gasteiger partial charge in [-0.2, -0.15) is 13.2 Å². The number of hydrogen-bond acceptors (Lipinski definition) is 4. The molecule has 0 bridgehead atoms. The molecule has 0 aliphatic carbocycles. The Morgan fingerprint density at radius 3 is 2.19 bits per heavy atom. The summed E-state index contributed by atoms with van der Waals surface area (Å²) in [6.45, 7) is 3.05. The third kappa shape index (κ3) is 8.51. The van der Waals surface area contributed by atoms with Crippen LogP contribution < -0.4 is 9.62 Å². The molecule has 0 aliphatic rings. The van der Waals surface area contributed by atoms with Crippen molar-refractivity contribution >= 4 is 50.7 Å². The predicted molar refractivity (Wildman–Crippen MR) is 138 cm³/mol. The first-order valence-corrected chi connectivity index (χ1v) is 14.0. The number of rotatable bonds is 11. The van der Waals surface area contributed by atoms with Gasteiger partial charge in [0.15, 0.2) is 0 Å². The highest BCUT2D eigenvalue weighted by atomic mass is 35.5. The summed E-state index contributed by atoms with van der Waals surface area (Å²) in [6.07, 6.45) is -3.19. The van der Waals surface area contributed by atoms with E-state index in [9.17, 15) is 31.2 Å². The number of carbonyl (C=O) groups is 2. The Balaban J connectivity index is 2.50. The molecular formula is C24H28Cl2F3N3O4S. The highest BCUT2D eigenvalue weighted by molar-refractivity contribution is 7.92. The SMILES string of the molecule is CCCNC(=O)[C@@H](CC)N(Cc1ccc(Cl)cc1)C(=O)CN(c1ccc(Cl)c(C(F)(F)F)c1)S(C)(=O)=O. The van der Waals surface area contributed by atoms with Gasteiger partial charge in [-0.3, -0.25) is 13.9 Å². The standard InChI is InChI=1S/C24H28Cl2F3N3O4S/c1-4-12-30-23(34)21(5-2)31(14-16-6-8-17(25)9-7-16)22(33)15-32(37(3,35)36)18-10-11-20(26)19(13-18)24(27,28)29/h6-11,13,21H,4-5,12,14-15H2,1-3H3,(H,30,34)/t21-/m1/s1. The molecule has 2 aromatic rings. The van der Waals surface area contributed by atoms with Gasteiger partial charge in [-0.25, -0.2) is 8.42 Å². The van der Waals surface area contributed by atoms with Crippen LogP contribution in [0.2, 0.25) is 10.0 Å². The first kappa shape index (κ1) is 30.7. The van der Waals surface area contributed by atoms with Gasteiger partial charge in [0.25, 0.3) is 0 Å². The lowest BCUT2D eigenvalue weighted by atomic mass is 10.1. The van der Waals surface area contributed by atoms with Crippen molar-refractivity contribution in [1.82, 2.24) is 10.2 Å². The minimum Gasteiger partial charge on any atom is -0.354 e. The van der Waals surface area contributed by atoms with E-state index in [-0.39, 0.29) is 18.7 Å². The maximum Gasteiger partial charge on any atom is 0.417 e. The van der Waals surface area contributed by atoms with Crippen LogP contribution >= 0.6 is 23.2 Å². The highest BCUT2D eigenvalue weighted by Gasteiger charge is 2.36. The smallest absolute Gasteiger partial charge is 0.354 e. The molecule has 0 radical (unpaired) electrons. The van der Waals surface area contributed by atoms with Crippen LogP contribution in [-0.2, 0) is 32.3 Å². The van der Waals surface area contributed by atoms with E-state index in [0.717, 1.165) is 18.4 Å². The summed E-state index contributed by atoms with van der Waals surface area (Å²) < 4.78 is 66.0. The molecule has 0 spiro atoms. The number of sulfonamides is 1. The van der Waals surface area contributed by atoms with Gasteiger partial charge >= 0.3 is 6.18 Å². The molecule has 2 aromatic carbocycles. The van der Waals surface area contributed by atoms with Crippen molar-refractivity contribution in [3.63, 3.8) is 0 Å². The lowest BCUT2D eigenvalue weighted by Gasteiger charge is -2.33. The summed E-state index contributed by atoms with van der Waals surface area (Å²) in [5.74, 6) is -1.20. The minimum absolute atomic E-state index is 0.0555. The molecular weight excluding hydrogens is 554 g/mol. The Morgan fingerprint density at radius 1 is 1.05 bits per heavy atom. The molecule has 0 heterocycles. The quantitative estimate of drug-likeness (QED) is 0.399. The van der Waals surface area contributed by atoms with Crippen LogP contribution in [0.15, 0.2) is 42.5 Å². The van der Waals surface area contributed by atoms with Crippen molar-refractivity contribution in [1.29, 1.82) is 0 Å². The topological polar surface area (TPSA) is 86.8 Å². The highest BCUT2D eigenvalue weighted by Crippen LogP contribution is 2.37. The van der Waals surface area contributed by atoms with Crippen LogP contribution in [0.3, 0.4) is 0 Å². The van der Waals surface area contributed by atoms with Crippen LogP contribution in [0.5, 0.6) is 0 Å². The fourth-order valence-corrected chi connectivity index (χ4v) is 4.76. The molecule has 1 N–H and O–H groups in total. The summed E-state index contributed by atoms with van der Waals surface area (Å²) in [6, 6.07) is 8.14. The van der Waals surface area contributed by atoms with E-state index in [0.29, 0.717) is 33.9 Å². The molecule has 0 saturated carbocycles. The zero-order valence-corrected chi connectivity index (χ0v) is 22.8. The number of amides is 2. The zero-order chi connectivity index (χ0) is 28.0. The number of nitrogens with one attached hydrogen (secondary N) is 1. The molecule has 7 nitrogen and oxygen atoms in total. The molecule has 0 saturated heterocycles. The van der Waals surface area contributed by atoms with E-state index in [1.165, 1.54) is 4.90 Å². The van der Waals surface area contributed by atoms with Crippen LogP contribution in [-0.4, -0.2) is 50.5 Å². The number of anilines is 1. The molecule has 2 amide bonds. The minimum atomic E-state index is -4.84. The van der Waals surface area contributed by atoms with Gasteiger partial charge in [-0.1, -0.05) is 49.2 Å². The summed E-state index contributed by atoms with van der Waals surface area (Å²) in [5.41, 5.74) is -1.00. The number of nitrogens with zero attached hydrogens (tertiary/aromatic N) is 2. The zero-order valence-electron chi connectivity index (χ0n) is 20.5. The fraction of sp³-hybridized carbons (Fsp3) is 0.417. The van der Waals surface area contributed by atoms with Gasteiger partial charge in [0, 0.05) is 18.1 Å². The van der Waals surface area contributed by atoms with Crippen molar-refractivity contribution in [2.45, 2.75) is 45.5 Å². The largest absolute Gasteiger partial charge is 0.417 e. The Hall–Kier alpha value is -2.50. The molecule has 37 heavy (non-hydrogen) atoms. The maximum atomic E-state index is 13.5. The van der Waals surface area contributed by atoms with E-state index in [1.807, 2.05) is 6.92 Å². The summed E-state index contributed by atoms with van der Waals surface area (Å²) in [5, 5.41) is 2.58. The summed E-state index contributed by atoms with van der Waals surface area (Å²) in [7, 11) is -4.21. The van der Waals surface area contributed by atoms with Crippen molar-refractivity contribution < 1.29 is 31.2 Å². The van der Waals surface area contributed by atoms with E-state index < -0.39 is 51.2 Å². The molecule has 0 aromatic heterocycles. The van der Waals surface area contributed by atoms with Gasteiger partial charge in [-0.05, 0) is 48.7 Å². The Kier molecular flexibility index (Phi) is 10.7. The van der Waals surface area contributed by atoms with Gasteiger partial charge in [0.1, 0.15) is 12.6 Å². The lowest BCUT2D eigenvalue weighted by Crippen LogP contribution is -2.52. The molecule has 2 rings (SSSR count). The van der Waals surface area contributed by atoms with Gasteiger partial charge in [-0.15, -0.1) is 0 Å². The average Bonchev–Trinajstić information content (AvgIpc) is 2.81. The summed E-state index contributed by atoms with van der Waals surface area (Å²) in [4.78, 5) is 27.6. The molecule has 0 unspecified atom stereocenters. The molecule has 0 aliphatic heterocycles. The number of alkyl halides is 3.